The molecule has 0 radical (unpaired) electrons. The van der Waals surface area contributed by atoms with Crippen LogP contribution in [0.25, 0.3) is 10.9 Å². The first-order valence-electron chi connectivity index (χ1n) is 11.8. The molecule has 7 heteroatoms. The first-order chi connectivity index (χ1) is 16.2. The summed E-state index contributed by atoms with van der Waals surface area (Å²) in [5, 5.41) is 11.6. The van der Waals surface area contributed by atoms with Crippen LogP contribution in [0.1, 0.15) is 50.2 Å². The maximum absolute atomic E-state index is 13.0. The normalized spacial score (nSPS) is 16.4. The smallest absolute Gasteiger partial charge is 0.261 e. The minimum Gasteiger partial charge on any atom is -0.388 e. The summed E-state index contributed by atoms with van der Waals surface area (Å²) < 4.78 is 1.45. The van der Waals surface area contributed by atoms with Crippen LogP contribution in [0, 0.1) is 0 Å². The fourth-order valence-corrected chi connectivity index (χ4v) is 4.65. The Hall–Kier alpha value is -3.32. The van der Waals surface area contributed by atoms with E-state index >= 15 is 0 Å². The summed E-state index contributed by atoms with van der Waals surface area (Å²) in [7, 11) is 0. The van der Waals surface area contributed by atoms with Gasteiger partial charge in [0, 0.05) is 25.9 Å². The van der Waals surface area contributed by atoms with E-state index in [2.05, 4.69) is 11.9 Å². The van der Waals surface area contributed by atoms with Crippen molar-refractivity contribution in [3.8, 4) is 0 Å². The highest BCUT2D eigenvalue weighted by atomic mass is 16.3. The number of aromatic nitrogens is 2. The number of ketones is 1. The van der Waals surface area contributed by atoms with Gasteiger partial charge in [-0.25, -0.2) is 4.98 Å². The molecule has 3 aromatic rings. The molecule has 1 N–H and O–H groups in total. The highest BCUT2D eigenvalue weighted by molar-refractivity contribution is 5.82. The molecule has 4 rings (SSSR count). The second kappa shape index (κ2) is 9.89. The molecule has 7 nitrogen and oxygen atoms in total. The highest BCUT2D eigenvalue weighted by Crippen LogP contribution is 2.26. The van der Waals surface area contributed by atoms with E-state index in [0.29, 0.717) is 49.7 Å². The number of benzene rings is 2. The number of fused-ring (bicyclic) bond motifs is 1. The van der Waals surface area contributed by atoms with Crippen molar-refractivity contribution in [3.63, 3.8) is 0 Å². The lowest BCUT2D eigenvalue weighted by Gasteiger charge is -2.38. The number of carbonyl (C=O) groups is 2. The molecule has 1 saturated heterocycles. The fraction of sp³-hybridized carbons (Fsp3) is 0.407. The van der Waals surface area contributed by atoms with E-state index in [9.17, 15) is 19.5 Å². The second-order valence-corrected chi connectivity index (χ2v) is 9.53. The summed E-state index contributed by atoms with van der Waals surface area (Å²) in [6, 6.07) is 15.2. The topological polar surface area (TPSA) is 92.5 Å². The van der Waals surface area contributed by atoms with Gasteiger partial charge >= 0.3 is 0 Å². The zero-order chi connectivity index (χ0) is 24.3. The van der Waals surface area contributed by atoms with E-state index in [1.165, 1.54) is 17.8 Å². The Balaban J connectivity index is 1.39. The number of likely N-dealkylation sites (tertiary alicyclic amines) is 1. The van der Waals surface area contributed by atoms with Crippen LogP contribution in [0.2, 0.25) is 0 Å². The molecule has 1 fully saturated rings. The molecule has 178 valence electrons. The number of piperidine rings is 1. The van der Waals surface area contributed by atoms with Gasteiger partial charge in [-0.3, -0.25) is 19.0 Å². The summed E-state index contributed by atoms with van der Waals surface area (Å²) in [4.78, 5) is 43.4. The highest BCUT2D eigenvalue weighted by Gasteiger charge is 2.35. The van der Waals surface area contributed by atoms with E-state index in [1.54, 1.807) is 18.2 Å². The molecule has 1 aliphatic heterocycles. The Morgan fingerprint density at radius 2 is 1.82 bits per heavy atom. The Bertz CT molecular complexity index is 1240. The van der Waals surface area contributed by atoms with Crippen molar-refractivity contribution in [2.75, 3.05) is 13.1 Å². The van der Waals surface area contributed by atoms with Gasteiger partial charge in [0.15, 0.2) is 0 Å². The van der Waals surface area contributed by atoms with Crippen molar-refractivity contribution in [2.24, 2.45) is 0 Å². The molecule has 0 saturated carbocycles. The Morgan fingerprint density at radius 3 is 2.50 bits per heavy atom. The Kier molecular flexibility index (Phi) is 6.93. The molecule has 1 atom stereocenters. The average molecular weight is 462 g/mol. The van der Waals surface area contributed by atoms with Crippen LogP contribution in [-0.4, -0.2) is 49.9 Å². The zero-order valence-corrected chi connectivity index (χ0v) is 19.7. The molecule has 2 heterocycles. The lowest BCUT2D eigenvalue weighted by molar-refractivity contribution is -0.136. The maximum Gasteiger partial charge on any atom is 0.261 e. The number of Topliss-reactive ketones (excluding diaryl/α,β-unsaturated/α-hetero) is 1. The second-order valence-electron chi connectivity index (χ2n) is 9.53. The van der Waals surface area contributed by atoms with Gasteiger partial charge in [0.2, 0.25) is 5.91 Å². The van der Waals surface area contributed by atoms with Crippen molar-refractivity contribution >= 4 is 22.6 Å². The van der Waals surface area contributed by atoms with Gasteiger partial charge in [-0.2, -0.15) is 0 Å². The van der Waals surface area contributed by atoms with Gasteiger partial charge in [-0.05, 0) is 48.9 Å². The van der Waals surface area contributed by atoms with Gasteiger partial charge in [-0.15, -0.1) is 0 Å². The first kappa shape index (κ1) is 23.8. The molecule has 34 heavy (non-hydrogen) atoms. The number of amides is 1. The largest absolute Gasteiger partial charge is 0.388 e. The van der Waals surface area contributed by atoms with Crippen molar-refractivity contribution in [1.82, 2.24) is 14.5 Å². The summed E-state index contributed by atoms with van der Waals surface area (Å²) in [6.45, 7) is 4.63. The van der Waals surface area contributed by atoms with Crippen LogP contribution in [0.15, 0.2) is 59.7 Å². The Morgan fingerprint density at radius 1 is 1.12 bits per heavy atom. The third kappa shape index (κ3) is 5.42. The van der Waals surface area contributed by atoms with E-state index < -0.39 is 5.60 Å². The molecular weight excluding hydrogens is 430 g/mol. The third-order valence-corrected chi connectivity index (χ3v) is 6.70. The van der Waals surface area contributed by atoms with Crippen LogP contribution in [0.5, 0.6) is 0 Å². The van der Waals surface area contributed by atoms with E-state index in [-0.39, 0.29) is 29.7 Å². The van der Waals surface area contributed by atoms with Crippen LogP contribution < -0.4 is 5.56 Å². The van der Waals surface area contributed by atoms with Gasteiger partial charge in [0.1, 0.15) is 5.78 Å². The van der Waals surface area contributed by atoms with Crippen LogP contribution >= 0.6 is 0 Å². The minimum absolute atomic E-state index is 0.0502. The molecule has 0 spiro atoms. The molecular formula is C27H31N3O4. The third-order valence-electron chi connectivity index (χ3n) is 6.70. The quantitative estimate of drug-likeness (QED) is 0.584. The SMILES string of the molecule is CC(=O)Cc1ccc2c(=O)n(CC3(O)CCN(C(=O)CC(C)c4ccccc4)CC3)cnc2c1. The number of carbonyl (C=O) groups excluding carboxylic acids is 2. The fourth-order valence-electron chi connectivity index (χ4n) is 4.65. The van der Waals surface area contributed by atoms with Gasteiger partial charge < -0.3 is 10.0 Å². The predicted molar refractivity (Wildman–Crippen MR) is 131 cm³/mol. The number of aliphatic hydroxyl groups is 1. The average Bonchev–Trinajstić information content (AvgIpc) is 2.81. The van der Waals surface area contributed by atoms with E-state index in [4.69, 9.17) is 0 Å². The Labute approximate surface area is 199 Å². The zero-order valence-electron chi connectivity index (χ0n) is 19.7. The lowest BCUT2D eigenvalue weighted by Crippen LogP contribution is -2.49. The molecule has 1 aliphatic rings. The number of nitrogens with zero attached hydrogens (tertiary/aromatic N) is 3. The number of hydrogen-bond donors (Lipinski definition) is 1. The standard InChI is InChI=1S/C27H31N3O4/c1-19(22-6-4-3-5-7-22)14-25(32)29-12-10-27(34,11-13-29)17-30-18-28-24-16-21(15-20(2)31)8-9-23(24)26(30)33/h3-9,16,18-19,34H,10-15,17H2,1-2H3. The summed E-state index contributed by atoms with van der Waals surface area (Å²) in [5.74, 6) is 0.270. The van der Waals surface area contributed by atoms with Crippen molar-refractivity contribution < 1.29 is 14.7 Å². The number of hydrogen-bond acceptors (Lipinski definition) is 5. The van der Waals surface area contributed by atoms with Crippen LogP contribution in [-0.2, 0) is 22.6 Å². The van der Waals surface area contributed by atoms with Crippen LogP contribution in [0.4, 0.5) is 0 Å². The van der Waals surface area contributed by atoms with Crippen molar-refractivity contribution in [2.45, 2.75) is 57.6 Å². The van der Waals surface area contributed by atoms with Gasteiger partial charge in [0.05, 0.1) is 29.4 Å². The molecule has 1 amide bonds. The van der Waals surface area contributed by atoms with E-state index in [1.807, 2.05) is 35.2 Å². The summed E-state index contributed by atoms with van der Waals surface area (Å²) in [5.41, 5.74) is 1.21. The number of rotatable bonds is 7. The van der Waals surface area contributed by atoms with Gasteiger partial charge in [0.25, 0.3) is 5.56 Å². The molecule has 0 bridgehead atoms. The predicted octanol–water partition coefficient (Wildman–Crippen LogP) is 3.08. The first-order valence-corrected chi connectivity index (χ1v) is 11.8. The van der Waals surface area contributed by atoms with Crippen LogP contribution in [0.3, 0.4) is 0 Å². The van der Waals surface area contributed by atoms with Crippen molar-refractivity contribution in [1.29, 1.82) is 0 Å². The van der Waals surface area contributed by atoms with Gasteiger partial charge in [-0.1, -0.05) is 43.3 Å². The molecule has 1 aromatic heterocycles. The maximum atomic E-state index is 13.0. The van der Waals surface area contributed by atoms with Crippen molar-refractivity contribution in [3.05, 3.63) is 76.3 Å². The minimum atomic E-state index is -1.07. The lowest BCUT2D eigenvalue weighted by atomic mass is 9.90. The molecule has 1 unspecified atom stereocenters. The molecule has 0 aliphatic carbocycles. The summed E-state index contributed by atoms with van der Waals surface area (Å²) >= 11 is 0. The molecule has 2 aromatic carbocycles. The monoisotopic (exact) mass is 461 g/mol. The summed E-state index contributed by atoms with van der Waals surface area (Å²) in [6.07, 6.45) is 3.00. The van der Waals surface area contributed by atoms with E-state index in [0.717, 1.165) is 11.1 Å².